The van der Waals surface area contributed by atoms with Crippen molar-refractivity contribution in [3.63, 3.8) is 0 Å². The van der Waals surface area contributed by atoms with E-state index < -0.39 is 6.04 Å². The highest BCUT2D eigenvalue weighted by atomic mass is 16.5. The lowest BCUT2D eigenvalue weighted by atomic mass is 9.48. The number of carbonyl (C=O) groups excluding carboxylic acids is 2. The largest absolute Gasteiger partial charge is 0.497 e. The molecule has 4 bridgehead atoms. The molecule has 2 heterocycles. The first-order valence-electron chi connectivity index (χ1n) is 17.1. The van der Waals surface area contributed by atoms with E-state index in [0.717, 1.165) is 52.0 Å². The summed E-state index contributed by atoms with van der Waals surface area (Å²) < 4.78 is 14.2. The minimum atomic E-state index is -0.686. The van der Waals surface area contributed by atoms with Crippen LogP contribution in [-0.2, 0) is 33.9 Å². The molecule has 6 heteroatoms. The number of carbonyl (C=O) groups is 2. The molecule has 4 aliphatic carbocycles. The molecule has 4 saturated carbocycles. The molecule has 238 valence electrons. The van der Waals surface area contributed by atoms with Crippen molar-refractivity contribution in [3.05, 3.63) is 101 Å². The highest BCUT2D eigenvalue weighted by Crippen LogP contribution is 2.63. The predicted octanol–water partition coefficient (Wildman–Crippen LogP) is 7.86. The number of ether oxygens (including phenoxy) is 2. The molecule has 0 radical (unpaired) electrons. The van der Waals surface area contributed by atoms with Gasteiger partial charge < -0.3 is 18.9 Å². The van der Waals surface area contributed by atoms with Crippen molar-refractivity contribution in [2.45, 2.75) is 83.5 Å². The summed E-state index contributed by atoms with van der Waals surface area (Å²) in [7, 11) is 1.70. The molecule has 0 unspecified atom stereocenters. The quantitative estimate of drug-likeness (QED) is 0.189. The second-order valence-electron chi connectivity index (χ2n) is 14.7. The molecule has 1 aliphatic heterocycles. The summed E-state index contributed by atoms with van der Waals surface area (Å²) in [6, 6.07) is 25.8. The van der Waals surface area contributed by atoms with Crippen molar-refractivity contribution in [2.24, 2.45) is 23.2 Å². The number of rotatable bonds is 8. The molecule has 4 aromatic rings. The molecule has 4 fully saturated rings. The number of methoxy groups -OCH3 is 1. The summed E-state index contributed by atoms with van der Waals surface area (Å²) in [5, 5.41) is 1.10. The monoisotopic (exact) mass is 616 g/mol. The molecule has 1 aromatic heterocycles. The topological polar surface area (TPSA) is 60.8 Å². The van der Waals surface area contributed by atoms with E-state index in [1.807, 2.05) is 41.3 Å². The van der Waals surface area contributed by atoms with Gasteiger partial charge in [-0.2, -0.15) is 0 Å². The van der Waals surface area contributed by atoms with E-state index >= 15 is 0 Å². The predicted molar refractivity (Wildman–Crippen MR) is 178 cm³/mol. The molecule has 3 aromatic carbocycles. The summed E-state index contributed by atoms with van der Waals surface area (Å²) in [6.45, 7) is 2.53. The number of amides is 1. The molecule has 9 rings (SSSR count). The van der Waals surface area contributed by atoms with Crippen LogP contribution < -0.4 is 4.74 Å². The Bertz CT molecular complexity index is 1730. The van der Waals surface area contributed by atoms with Crippen LogP contribution in [0.15, 0.2) is 78.9 Å². The fraction of sp³-hybridized carbons (Fsp3) is 0.450. The third-order valence-corrected chi connectivity index (χ3v) is 11.6. The standard InChI is InChI=1S/C40H44N2O4/c1-26(43)42-36(39(44)46-25-28-11-7-4-8-12-28)19-34-33-18-32(45-2)13-14-35(33)41(24-27-9-5-3-6-10-27)38(34)37(42)23-40-20-29-15-30(21-40)17-31(16-29)22-40/h3-14,18,29-31,36-37H,15-17,19-25H2,1-2H3/t29?,30?,31?,36-,37+,40?/m0/s1. The minimum absolute atomic E-state index is 0.0591. The Morgan fingerprint density at radius 1 is 0.848 bits per heavy atom. The Hall–Kier alpha value is -4.06. The average molecular weight is 617 g/mol. The molecule has 5 aliphatic rings. The Balaban J connectivity index is 1.27. The zero-order valence-electron chi connectivity index (χ0n) is 27.0. The van der Waals surface area contributed by atoms with E-state index in [4.69, 9.17) is 9.47 Å². The summed E-state index contributed by atoms with van der Waals surface area (Å²) in [4.78, 5) is 29.9. The number of nitrogens with zero attached hydrogens (tertiary/aromatic N) is 2. The van der Waals surface area contributed by atoms with Gasteiger partial charge in [0.25, 0.3) is 0 Å². The Morgan fingerprint density at radius 2 is 1.48 bits per heavy atom. The van der Waals surface area contributed by atoms with Gasteiger partial charge in [0.05, 0.1) is 13.2 Å². The van der Waals surface area contributed by atoms with Gasteiger partial charge in [-0.1, -0.05) is 60.7 Å². The third kappa shape index (κ3) is 5.20. The van der Waals surface area contributed by atoms with Crippen molar-refractivity contribution in [3.8, 4) is 5.75 Å². The first kappa shape index (κ1) is 29.3. The van der Waals surface area contributed by atoms with Crippen LogP contribution in [0.4, 0.5) is 0 Å². The van der Waals surface area contributed by atoms with Crippen LogP contribution in [0.1, 0.15) is 80.3 Å². The van der Waals surface area contributed by atoms with Gasteiger partial charge in [0.2, 0.25) is 5.91 Å². The zero-order valence-corrected chi connectivity index (χ0v) is 27.0. The van der Waals surface area contributed by atoms with E-state index in [9.17, 15) is 9.59 Å². The molecule has 46 heavy (non-hydrogen) atoms. The first-order valence-corrected chi connectivity index (χ1v) is 17.1. The summed E-state index contributed by atoms with van der Waals surface area (Å²) in [6.07, 6.45) is 9.15. The number of hydrogen-bond donors (Lipinski definition) is 0. The van der Waals surface area contributed by atoms with Crippen LogP contribution >= 0.6 is 0 Å². The summed E-state index contributed by atoms with van der Waals surface area (Å²) in [5.74, 6) is 2.80. The molecule has 6 nitrogen and oxygen atoms in total. The van der Waals surface area contributed by atoms with Crippen LogP contribution in [0.3, 0.4) is 0 Å². The van der Waals surface area contributed by atoms with Crippen molar-refractivity contribution < 1.29 is 19.1 Å². The normalized spacial score (nSPS) is 27.9. The number of hydrogen-bond acceptors (Lipinski definition) is 4. The highest BCUT2D eigenvalue weighted by molar-refractivity contribution is 5.91. The van der Waals surface area contributed by atoms with Crippen LogP contribution in [0.25, 0.3) is 10.9 Å². The fourth-order valence-corrected chi connectivity index (χ4v) is 10.3. The van der Waals surface area contributed by atoms with Gasteiger partial charge >= 0.3 is 5.97 Å². The van der Waals surface area contributed by atoms with Gasteiger partial charge in [-0.15, -0.1) is 0 Å². The third-order valence-electron chi connectivity index (χ3n) is 11.6. The molecule has 2 atom stereocenters. The molecular weight excluding hydrogens is 572 g/mol. The second kappa shape index (κ2) is 11.6. The van der Waals surface area contributed by atoms with Crippen LogP contribution in [0.5, 0.6) is 5.75 Å². The van der Waals surface area contributed by atoms with Gasteiger partial charge in [0.15, 0.2) is 0 Å². The smallest absolute Gasteiger partial charge is 0.329 e. The Morgan fingerprint density at radius 3 is 2.09 bits per heavy atom. The second-order valence-corrected chi connectivity index (χ2v) is 14.7. The van der Waals surface area contributed by atoms with E-state index in [2.05, 4.69) is 47.0 Å². The Labute approximate surface area is 271 Å². The minimum Gasteiger partial charge on any atom is -0.497 e. The van der Waals surface area contributed by atoms with E-state index in [1.165, 1.54) is 49.8 Å². The van der Waals surface area contributed by atoms with Crippen LogP contribution in [-0.4, -0.2) is 34.5 Å². The average Bonchev–Trinajstić information content (AvgIpc) is 3.35. The highest BCUT2D eigenvalue weighted by Gasteiger charge is 2.54. The van der Waals surface area contributed by atoms with Crippen LogP contribution in [0, 0.1) is 23.2 Å². The van der Waals surface area contributed by atoms with E-state index in [0.29, 0.717) is 13.0 Å². The maximum Gasteiger partial charge on any atom is 0.329 e. The number of esters is 1. The molecule has 0 spiro atoms. The molecule has 1 amide bonds. The lowest BCUT2D eigenvalue weighted by Crippen LogP contribution is -2.54. The number of fused-ring (bicyclic) bond motifs is 3. The van der Waals surface area contributed by atoms with Gasteiger partial charge in [-0.3, -0.25) is 4.79 Å². The lowest BCUT2D eigenvalue weighted by molar-refractivity contribution is -0.160. The van der Waals surface area contributed by atoms with Crippen molar-refractivity contribution >= 4 is 22.8 Å². The maximum absolute atomic E-state index is 14.1. The number of benzene rings is 3. The van der Waals surface area contributed by atoms with Crippen molar-refractivity contribution in [1.29, 1.82) is 0 Å². The molecular formula is C40H44N2O4. The SMILES string of the molecule is COc1ccc2c(c1)c1c(n2Cc2ccccc2)[C@@H](CC23CC4CC(CC(C4)C2)C3)N(C(C)=O)[C@H](C(=O)OCc2ccccc2)C1. The first-order chi connectivity index (χ1) is 22.4. The van der Waals surface area contributed by atoms with Crippen LogP contribution in [0.2, 0.25) is 0 Å². The summed E-state index contributed by atoms with van der Waals surface area (Å²) >= 11 is 0. The van der Waals surface area contributed by atoms with Crippen molar-refractivity contribution in [1.82, 2.24) is 9.47 Å². The Kier molecular flexibility index (Phi) is 7.42. The van der Waals surface area contributed by atoms with Gasteiger partial charge in [-0.05, 0) is 103 Å². The van der Waals surface area contributed by atoms with E-state index in [-0.39, 0.29) is 29.9 Å². The number of aromatic nitrogens is 1. The van der Waals surface area contributed by atoms with Gasteiger partial charge in [0.1, 0.15) is 18.4 Å². The van der Waals surface area contributed by atoms with E-state index in [1.54, 1.807) is 14.0 Å². The van der Waals surface area contributed by atoms with Gasteiger partial charge in [0, 0.05) is 36.5 Å². The zero-order chi connectivity index (χ0) is 31.4. The maximum atomic E-state index is 14.1. The lowest BCUT2D eigenvalue weighted by Gasteiger charge is -2.58. The van der Waals surface area contributed by atoms with Gasteiger partial charge in [-0.25, -0.2) is 4.79 Å². The summed E-state index contributed by atoms with van der Waals surface area (Å²) in [5.41, 5.74) is 5.81. The molecule has 0 saturated heterocycles. The van der Waals surface area contributed by atoms with Crippen molar-refractivity contribution in [2.75, 3.05) is 7.11 Å². The fourth-order valence-electron chi connectivity index (χ4n) is 10.3. The molecule has 0 N–H and O–H groups in total.